The zero-order chi connectivity index (χ0) is 20.3. The number of rotatable bonds is 5. The molecule has 3 aromatic rings. The van der Waals surface area contributed by atoms with E-state index in [1.54, 1.807) is 12.1 Å². The van der Waals surface area contributed by atoms with Crippen molar-refractivity contribution in [3.05, 3.63) is 89.0 Å². The van der Waals surface area contributed by atoms with Gasteiger partial charge in [0.1, 0.15) is 0 Å². The number of hydrogen-bond donors (Lipinski definition) is 2. The zero-order valence-corrected chi connectivity index (χ0v) is 16.8. The van der Waals surface area contributed by atoms with Crippen molar-refractivity contribution < 1.29 is 13.2 Å². The second kappa shape index (κ2) is 7.86. The van der Waals surface area contributed by atoms with Crippen LogP contribution in [-0.4, -0.2) is 14.3 Å². The summed E-state index contributed by atoms with van der Waals surface area (Å²) in [5.74, 6) is -0.288. The van der Waals surface area contributed by atoms with Gasteiger partial charge in [0.15, 0.2) is 0 Å². The predicted octanol–water partition coefficient (Wildman–Crippen LogP) is 4.66. The molecule has 28 heavy (non-hydrogen) atoms. The summed E-state index contributed by atoms with van der Waals surface area (Å²) in [7, 11) is -3.72. The minimum absolute atomic E-state index is 0.0939. The van der Waals surface area contributed by atoms with Crippen molar-refractivity contribution in [2.45, 2.75) is 25.7 Å². The highest BCUT2D eigenvalue weighted by Crippen LogP contribution is 2.20. The van der Waals surface area contributed by atoms with Crippen molar-refractivity contribution >= 4 is 27.3 Å². The summed E-state index contributed by atoms with van der Waals surface area (Å²) in [5, 5.41) is 2.87. The number of benzene rings is 3. The first-order valence-corrected chi connectivity index (χ1v) is 10.3. The van der Waals surface area contributed by atoms with Crippen LogP contribution in [0.25, 0.3) is 0 Å². The Balaban J connectivity index is 1.76. The summed E-state index contributed by atoms with van der Waals surface area (Å²) in [6, 6.07) is 18.6. The maximum atomic E-state index is 12.5. The molecule has 0 saturated heterocycles. The number of hydrogen-bond acceptors (Lipinski definition) is 3. The van der Waals surface area contributed by atoms with E-state index in [2.05, 4.69) is 10.0 Å². The van der Waals surface area contributed by atoms with Crippen LogP contribution in [0.1, 0.15) is 27.0 Å². The summed E-state index contributed by atoms with van der Waals surface area (Å²) in [6.45, 7) is 5.85. The standard InChI is InChI=1S/C22H22N2O3S/c1-15-7-11-19(12-8-15)24-28(26,27)20-13-9-18(10-14-20)22(25)23-21-6-4-5-16(2)17(21)3/h4-14,24H,1-3H3,(H,23,25). The fourth-order valence-electron chi connectivity index (χ4n) is 2.70. The Kier molecular flexibility index (Phi) is 5.51. The second-order valence-corrected chi connectivity index (χ2v) is 8.38. The summed E-state index contributed by atoms with van der Waals surface area (Å²) < 4.78 is 27.6. The number of carbonyl (C=O) groups excluding carboxylic acids is 1. The van der Waals surface area contributed by atoms with Gasteiger partial charge in [-0.3, -0.25) is 9.52 Å². The molecule has 3 aromatic carbocycles. The van der Waals surface area contributed by atoms with E-state index in [0.717, 1.165) is 22.4 Å². The molecule has 144 valence electrons. The molecular formula is C22H22N2O3S. The summed E-state index contributed by atoms with van der Waals surface area (Å²) in [6.07, 6.45) is 0. The molecule has 0 aromatic heterocycles. The van der Waals surface area contributed by atoms with Gasteiger partial charge in [0.2, 0.25) is 0 Å². The zero-order valence-electron chi connectivity index (χ0n) is 16.0. The minimum atomic E-state index is -3.72. The molecule has 1 amide bonds. The quantitative estimate of drug-likeness (QED) is 0.661. The van der Waals surface area contributed by atoms with E-state index in [1.165, 1.54) is 24.3 Å². The summed E-state index contributed by atoms with van der Waals surface area (Å²) >= 11 is 0. The van der Waals surface area contributed by atoms with Crippen molar-refractivity contribution in [1.82, 2.24) is 0 Å². The fraction of sp³-hybridized carbons (Fsp3) is 0.136. The first-order valence-electron chi connectivity index (χ1n) is 8.83. The molecule has 0 heterocycles. The van der Waals surface area contributed by atoms with E-state index in [0.29, 0.717) is 11.3 Å². The van der Waals surface area contributed by atoms with Gasteiger partial charge in [0.05, 0.1) is 4.90 Å². The predicted molar refractivity (Wildman–Crippen MR) is 112 cm³/mol. The van der Waals surface area contributed by atoms with Gasteiger partial charge < -0.3 is 5.32 Å². The lowest BCUT2D eigenvalue weighted by molar-refractivity contribution is 0.102. The topological polar surface area (TPSA) is 75.3 Å². The van der Waals surface area contributed by atoms with E-state index >= 15 is 0 Å². The second-order valence-electron chi connectivity index (χ2n) is 6.70. The largest absolute Gasteiger partial charge is 0.322 e. The summed E-state index contributed by atoms with van der Waals surface area (Å²) in [4.78, 5) is 12.6. The maximum absolute atomic E-state index is 12.5. The molecule has 0 saturated carbocycles. The van der Waals surface area contributed by atoms with Crippen molar-refractivity contribution in [1.29, 1.82) is 0 Å². The third-order valence-electron chi connectivity index (χ3n) is 4.58. The lowest BCUT2D eigenvalue weighted by Gasteiger charge is -2.11. The van der Waals surface area contributed by atoms with Gasteiger partial charge in [-0.05, 0) is 74.4 Å². The van der Waals surface area contributed by atoms with E-state index < -0.39 is 10.0 Å². The van der Waals surface area contributed by atoms with Crippen LogP contribution < -0.4 is 10.0 Å². The monoisotopic (exact) mass is 394 g/mol. The molecule has 5 nitrogen and oxygen atoms in total. The average Bonchev–Trinajstić information content (AvgIpc) is 2.67. The van der Waals surface area contributed by atoms with Crippen LogP contribution in [0.2, 0.25) is 0 Å². The Labute approximate surface area is 165 Å². The Morgan fingerprint density at radius 1 is 0.821 bits per heavy atom. The molecule has 3 rings (SSSR count). The SMILES string of the molecule is Cc1ccc(NS(=O)(=O)c2ccc(C(=O)Nc3cccc(C)c3C)cc2)cc1. The van der Waals surface area contributed by atoms with Gasteiger partial charge in [0, 0.05) is 16.9 Å². The van der Waals surface area contributed by atoms with Crippen LogP contribution in [0.3, 0.4) is 0 Å². The first-order chi connectivity index (χ1) is 13.3. The Hall–Kier alpha value is -3.12. The van der Waals surface area contributed by atoms with E-state index in [4.69, 9.17) is 0 Å². The van der Waals surface area contributed by atoms with E-state index in [1.807, 2.05) is 51.1 Å². The highest BCUT2D eigenvalue weighted by molar-refractivity contribution is 7.92. The van der Waals surface area contributed by atoms with Crippen molar-refractivity contribution in [3.8, 4) is 0 Å². The first kappa shape index (κ1) is 19.6. The maximum Gasteiger partial charge on any atom is 0.261 e. The fourth-order valence-corrected chi connectivity index (χ4v) is 3.76. The molecule has 0 fully saturated rings. The summed E-state index contributed by atoms with van der Waals surface area (Å²) in [5.41, 5.74) is 4.74. The van der Waals surface area contributed by atoms with Gasteiger partial charge in [-0.15, -0.1) is 0 Å². The molecule has 0 aliphatic heterocycles. The molecule has 2 N–H and O–H groups in total. The molecule has 0 unspecified atom stereocenters. The normalized spacial score (nSPS) is 11.1. The van der Waals surface area contributed by atoms with E-state index in [-0.39, 0.29) is 10.8 Å². The molecule has 0 radical (unpaired) electrons. The van der Waals surface area contributed by atoms with E-state index in [9.17, 15) is 13.2 Å². The molecule has 0 aliphatic rings. The van der Waals surface area contributed by atoms with Crippen molar-refractivity contribution in [2.75, 3.05) is 10.0 Å². The van der Waals surface area contributed by atoms with Crippen molar-refractivity contribution in [2.24, 2.45) is 0 Å². The van der Waals surface area contributed by atoms with Crippen LogP contribution in [-0.2, 0) is 10.0 Å². The highest BCUT2D eigenvalue weighted by atomic mass is 32.2. The van der Waals surface area contributed by atoms with Crippen molar-refractivity contribution in [3.63, 3.8) is 0 Å². The highest BCUT2D eigenvalue weighted by Gasteiger charge is 2.15. The smallest absolute Gasteiger partial charge is 0.261 e. The molecule has 0 atom stereocenters. The Morgan fingerprint density at radius 2 is 1.46 bits per heavy atom. The lowest BCUT2D eigenvalue weighted by atomic mass is 10.1. The van der Waals surface area contributed by atoms with Gasteiger partial charge in [-0.25, -0.2) is 8.42 Å². The van der Waals surface area contributed by atoms with Crippen LogP contribution in [0.15, 0.2) is 71.6 Å². The van der Waals surface area contributed by atoms with Gasteiger partial charge >= 0.3 is 0 Å². The molecule has 0 aliphatic carbocycles. The van der Waals surface area contributed by atoms with Gasteiger partial charge in [0.25, 0.3) is 15.9 Å². The Morgan fingerprint density at radius 3 is 2.11 bits per heavy atom. The number of amides is 1. The minimum Gasteiger partial charge on any atom is -0.322 e. The van der Waals surface area contributed by atoms with Crippen LogP contribution in [0.5, 0.6) is 0 Å². The number of aryl methyl sites for hydroxylation is 2. The number of anilines is 2. The van der Waals surface area contributed by atoms with Crippen LogP contribution in [0, 0.1) is 20.8 Å². The molecule has 6 heteroatoms. The third kappa shape index (κ3) is 4.40. The number of nitrogens with one attached hydrogen (secondary N) is 2. The lowest BCUT2D eigenvalue weighted by Crippen LogP contribution is -2.15. The molecular weight excluding hydrogens is 372 g/mol. The third-order valence-corrected chi connectivity index (χ3v) is 5.98. The number of sulfonamides is 1. The van der Waals surface area contributed by atoms with Gasteiger partial charge in [-0.2, -0.15) is 0 Å². The van der Waals surface area contributed by atoms with Crippen LogP contribution in [0.4, 0.5) is 11.4 Å². The Bertz CT molecular complexity index is 1100. The van der Waals surface area contributed by atoms with Crippen LogP contribution >= 0.6 is 0 Å². The van der Waals surface area contributed by atoms with Gasteiger partial charge in [-0.1, -0.05) is 29.8 Å². The molecule has 0 bridgehead atoms. The molecule has 0 spiro atoms. The number of carbonyl (C=O) groups is 1. The average molecular weight is 394 g/mol.